The summed E-state index contributed by atoms with van der Waals surface area (Å²) in [6.07, 6.45) is 3.16. The Morgan fingerprint density at radius 1 is 1.33 bits per heavy atom. The van der Waals surface area contributed by atoms with Gasteiger partial charge < -0.3 is 0 Å². The third-order valence-corrected chi connectivity index (χ3v) is 4.92. The van der Waals surface area contributed by atoms with E-state index in [1.165, 1.54) is 0 Å². The molecule has 1 saturated carbocycles. The summed E-state index contributed by atoms with van der Waals surface area (Å²) in [5.41, 5.74) is 0. The number of rotatable bonds is 4. The quantitative estimate of drug-likeness (QED) is 0.779. The molecule has 0 aromatic rings. The smallest absolute Gasteiger partial charge is 0.212 e. The minimum atomic E-state index is -3.16. The van der Waals surface area contributed by atoms with E-state index in [1.807, 2.05) is 0 Å². The summed E-state index contributed by atoms with van der Waals surface area (Å²) in [5.74, 6) is 1.33. The van der Waals surface area contributed by atoms with E-state index in [2.05, 4.69) is 18.6 Å². The van der Waals surface area contributed by atoms with Gasteiger partial charge in [-0.15, -0.1) is 11.6 Å². The van der Waals surface area contributed by atoms with E-state index < -0.39 is 10.0 Å². The van der Waals surface area contributed by atoms with Gasteiger partial charge in [-0.2, -0.15) is 0 Å². The zero-order valence-electron chi connectivity index (χ0n) is 9.37. The molecule has 0 aromatic heterocycles. The van der Waals surface area contributed by atoms with Gasteiger partial charge in [-0.05, 0) is 31.1 Å². The summed E-state index contributed by atoms with van der Waals surface area (Å²) >= 11 is 5.44. The first-order valence-electron chi connectivity index (χ1n) is 5.50. The molecule has 0 aliphatic heterocycles. The summed E-state index contributed by atoms with van der Waals surface area (Å²) in [6.45, 7) is 4.34. The summed E-state index contributed by atoms with van der Waals surface area (Å²) in [4.78, 5) is 0. The van der Waals surface area contributed by atoms with Gasteiger partial charge in [0.15, 0.2) is 0 Å². The van der Waals surface area contributed by atoms with E-state index in [9.17, 15) is 8.42 Å². The topological polar surface area (TPSA) is 46.2 Å². The van der Waals surface area contributed by atoms with Crippen molar-refractivity contribution in [2.45, 2.75) is 39.2 Å². The van der Waals surface area contributed by atoms with Gasteiger partial charge in [0.05, 0.1) is 5.75 Å². The normalized spacial score (nSPS) is 32.9. The van der Waals surface area contributed by atoms with Crippen LogP contribution in [0.15, 0.2) is 0 Å². The molecule has 0 heterocycles. The fourth-order valence-corrected chi connectivity index (χ4v) is 3.97. The van der Waals surface area contributed by atoms with Crippen molar-refractivity contribution in [3.8, 4) is 0 Å². The molecule has 0 aromatic carbocycles. The van der Waals surface area contributed by atoms with E-state index in [-0.39, 0.29) is 17.7 Å². The Morgan fingerprint density at radius 2 is 2.00 bits per heavy atom. The lowest BCUT2D eigenvalue weighted by atomic mass is 9.80. The molecule has 90 valence electrons. The number of hydrogen-bond acceptors (Lipinski definition) is 2. The number of alkyl halides is 1. The Hall–Kier alpha value is 0.200. The number of hydrogen-bond donors (Lipinski definition) is 1. The molecule has 3 unspecified atom stereocenters. The summed E-state index contributed by atoms with van der Waals surface area (Å²) in [6, 6.07) is 0.106. The number of halogens is 1. The lowest BCUT2D eigenvalue weighted by Gasteiger charge is -2.32. The van der Waals surface area contributed by atoms with Crippen LogP contribution >= 0.6 is 11.6 Å². The van der Waals surface area contributed by atoms with Crippen LogP contribution in [0, 0.1) is 11.8 Å². The monoisotopic (exact) mass is 253 g/mol. The average Bonchev–Trinajstić information content (AvgIpc) is 2.09. The van der Waals surface area contributed by atoms with Gasteiger partial charge in [0.1, 0.15) is 0 Å². The molecule has 1 aliphatic rings. The molecule has 0 saturated heterocycles. The second-order valence-electron chi connectivity index (χ2n) is 4.63. The zero-order valence-corrected chi connectivity index (χ0v) is 10.9. The highest BCUT2D eigenvalue weighted by molar-refractivity contribution is 7.89. The maximum atomic E-state index is 11.5. The molecule has 0 spiro atoms. The first-order valence-corrected chi connectivity index (χ1v) is 7.69. The van der Waals surface area contributed by atoms with Gasteiger partial charge in [0.2, 0.25) is 10.0 Å². The van der Waals surface area contributed by atoms with E-state index in [4.69, 9.17) is 11.6 Å². The van der Waals surface area contributed by atoms with Gasteiger partial charge in [0.25, 0.3) is 0 Å². The van der Waals surface area contributed by atoms with Crippen molar-refractivity contribution in [3.63, 3.8) is 0 Å². The predicted octanol–water partition coefficient (Wildman–Crippen LogP) is 1.97. The van der Waals surface area contributed by atoms with Crippen molar-refractivity contribution < 1.29 is 8.42 Å². The van der Waals surface area contributed by atoms with Crippen LogP contribution in [0.5, 0.6) is 0 Å². The Labute approximate surface area is 97.6 Å². The lowest BCUT2D eigenvalue weighted by Crippen LogP contribution is -2.43. The highest BCUT2D eigenvalue weighted by Gasteiger charge is 2.28. The van der Waals surface area contributed by atoms with Crippen molar-refractivity contribution in [1.82, 2.24) is 4.72 Å². The molecule has 1 fully saturated rings. The molecule has 5 heteroatoms. The molecule has 0 amide bonds. The van der Waals surface area contributed by atoms with Crippen LogP contribution in [-0.4, -0.2) is 26.1 Å². The minimum Gasteiger partial charge on any atom is -0.212 e. The Bertz CT molecular complexity index is 292. The molecule has 1 rings (SSSR count). The number of nitrogens with one attached hydrogen (secondary N) is 1. The van der Waals surface area contributed by atoms with Crippen LogP contribution in [-0.2, 0) is 10.0 Å². The lowest BCUT2D eigenvalue weighted by molar-refractivity contribution is 0.249. The maximum absolute atomic E-state index is 11.5. The first-order chi connectivity index (χ1) is 6.94. The Kier molecular flexibility index (Phi) is 4.87. The zero-order chi connectivity index (χ0) is 11.5. The van der Waals surface area contributed by atoms with Crippen molar-refractivity contribution in [1.29, 1.82) is 0 Å². The fourth-order valence-electron chi connectivity index (χ4n) is 2.23. The maximum Gasteiger partial charge on any atom is 0.213 e. The standard InChI is InChI=1S/C10H20ClNO2S/c1-8-3-4-10(9(2)7-8)12-15(13,14)6-5-11/h8-10,12H,3-7H2,1-2H3. The van der Waals surface area contributed by atoms with Crippen LogP contribution in [0.3, 0.4) is 0 Å². The highest BCUT2D eigenvalue weighted by Crippen LogP contribution is 2.28. The third kappa shape index (κ3) is 4.29. The van der Waals surface area contributed by atoms with Gasteiger partial charge in [-0.3, -0.25) is 0 Å². The van der Waals surface area contributed by atoms with E-state index in [0.29, 0.717) is 11.8 Å². The third-order valence-electron chi connectivity index (χ3n) is 3.11. The van der Waals surface area contributed by atoms with Crippen molar-refractivity contribution in [2.24, 2.45) is 11.8 Å². The molecule has 15 heavy (non-hydrogen) atoms. The van der Waals surface area contributed by atoms with Crippen LogP contribution < -0.4 is 4.72 Å². The van der Waals surface area contributed by atoms with Gasteiger partial charge in [-0.25, -0.2) is 13.1 Å². The van der Waals surface area contributed by atoms with E-state index in [0.717, 1.165) is 19.3 Å². The molecule has 1 N–H and O–H groups in total. The van der Waals surface area contributed by atoms with Crippen molar-refractivity contribution in [3.05, 3.63) is 0 Å². The summed E-state index contributed by atoms with van der Waals surface area (Å²) in [7, 11) is -3.16. The second kappa shape index (κ2) is 5.51. The summed E-state index contributed by atoms with van der Waals surface area (Å²) < 4.78 is 25.8. The molecule has 3 atom stereocenters. The highest BCUT2D eigenvalue weighted by atomic mass is 35.5. The molecular weight excluding hydrogens is 234 g/mol. The molecular formula is C10H20ClNO2S. The van der Waals surface area contributed by atoms with Crippen molar-refractivity contribution >= 4 is 21.6 Å². The fraction of sp³-hybridized carbons (Fsp3) is 1.00. The van der Waals surface area contributed by atoms with Crippen LogP contribution in [0.25, 0.3) is 0 Å². The Morgan fingerprint density at radius 3 is 2.53 bits per heavy atom. The molecule has 3 nitrogen and oxygen atoms in total. The Balaban J connectivity index is 2.51. The van der Waals surface area contributed by atoms with Gasteiger partial charge in [-0.1, -0.05) is 13.8 Å². The molecule has 0 radical (unpaired) electrons. The van der Waals surface area contributed by atoms with Crippen LogP contribution in [0.2, 0.25) is 0 Å². The minimum absolute atomic E-state index is 0.0212. The van der Waals surface area contributed by atoms with Crippen molar-refractivity contribution in [2.75, 3.05) is 11.6 Å². The molecule has 0 bridgehead atoms. The first kappa shape index (κ1) is 13.3. The largest absolute Gasteiger partial charge is 0.213 e. The predicted molar refractivity (Wildman–Crippen MR) is 63.6 cm³/mol. The average molecular weight is 254 g/mol. The van der Waals surface area contributed by atoms with E-state index >= 15 is 0 Å². The van der Waals surface area contributed by atoms with Gasteiger partial charge in [0, 0.05) is 11.9 Å². The SMILES string of the molecule is CC1CCC(NS(=O)(=O)CCCl)C(C)C1. The van der Waals surface area contributed by atoms with Crippen LogP contribution in [0.4, 0.5) is 0 Å². The number of sulfonamides is 1. The van der Waals surface area contributed by atoms with Gasteiger partial charge >= 0.3 is 0 Å². The van der Waals surface area contributed by atoms with E-state index in [1.54, 1.807) is 0 Å². The van der Waals surface area contributed by atoms with Crippen LogP contribution in [0.1, 0.15) is 33.1 Å². The molecule has 1 aliphatic carbocycles. The second-order valence-corrected chi connectivity index (χ2v) is 6.88. The summed E-state index contributed by atoms with van der Waals surface area (Å²) in [5, 5.41) is 0.